The van der Waals surface area contributed by atoms with Gasteiger partial charge in [0.05, 0.1) is 4.92 Å². The van der Waals surface area contributed by atoms with E-state index in [9.17, 15) is 24.1 Å². The zero-order valence-corrected chi connectivity index (χ0v) is 10.1. The maximum absolute atomic E-state index is 13.2. The lowest BCUT2D eigenvalue weighted by molar-refractivity contribution is -0.385. The fourth-order valence-electron chi connectivity index (χ4n) is 1.49. The molecule has 0 aliphatic carbocycles. The van der Waals surface area contributed by atoms with Crippen molar-refractivity contribution in [2.24, 2.45) is 0 Å². The number of aliphatic carboxylic acids is 1. The molecule has 0 heterocycles. The summed E-state index contributed by atoms with van der Waals surface area (Å²) in [6.45, 7) is 2.48. The average molecular weight is 270 g/mol. The van der Waals surface area contributed by atoms with Gasteiger partial charge >= 0.3 is 5.97 Å². The van der Waals surface area contributed by atoms with Crippen LogP contribution in [0.5, 0.6) is 0 Å². The predicted octanol–water partition coefficient (Wildman–Crippen LogP) is 1.25. The first-order valence-electron chi connectivity index (χ1n) is 5.22. The van der Waals surface area contributed by atoms with Gasteiger partial charge in [-0.15, -0.1) is 0 Å². The van der Waals surface area contributed by atoms with Gasteiger partial charge in [0.1, 0.15) is 17.4 Å². The van der Waals surface area contributed by atoms with Gasteiger partial charge < -0.3 is 10.4 Å². The van der Waals surface area contributed by atoms with Gasteiger partial charge in [-0.05, 0) is 26.0 Å². The highest BCUT2D eigenvalue weighted by molar-refractivity contribution is 6.00. The third kappa shape index (κ3) is 3.24. The van der Waals surface area contributed by atoms with Crippen LogP contribution >= 0.6 is 0 Å². The van der Waals surface area contributed by atoms with Crippen LogP contribution in [-0.2, 0) is 4.79 Å². The van der Waals surface area contributed by atoms with Crippen LogP contribution in [-0.4, -0.2) is 27.9 Å². The Morgan fingerprint density at radius 3 is 2.53 bits per heavy atom. The van der Waals surface area contributed by atoms with Gasteiger partial charge in [-0.3, -0.25) is 19.7 Å². The van der Waals surface area contributed by atoms with Crippen LogP contribution in [0.3, 0.4) is 0 Å². The van der Waals surface area contributed by atoms with Gasteiger partial charge in [-0.2, -0.15) is 0 Å². The van der Waals surface area contributed by atoms with Crippen molar-refractivity contribution < 1.29 is 24.0 Å². The highest BCUT2D eigenvalue weighted by atomic mass is 19.1. The minimum absolute atomic E-state index is 0.0156. The third-order valence-corrected chi connectivity index (χ3v) is 2.41. The lowest BCUT2D eigenvalue weighted by Crippen LogP contribution is -2.38. The van der Waals surface area contributed by atoms with Gasteiger partial charge in [0.2, 0.25) is 0 Å². The molecule has 0 aliphatic heterocycles. The summed E-state index contributed by atoms with van der Waals surface area (Å²) in [6, 6.07) is 0.389. The minimum Gasteiger partial charge on any atom is -0.480 e. The number of carbonyl (C=O) groups is 2. The Kier molecular flexibility index (Phi) is 4.15. The molecule has 19 heavy (non-hydrogen) atoms. The van der Waals surface area contributed by atoms with Crippen molar-refractivity contribution in [1.82, 2.24) is 5.32 Å². The summed E-state index contributed by atoms with van der Waals surface area (Å²) in [5.41, 5.74) is -1.06. The summed E-state index contributed by atoms with van der Waals surface area (Å²) in [7, 11) is 0. The Hall–Kier alpha value is -2.51. The summed E-state index contributed by atoms with van der Waals surface area (Å²) in [5.74, 6) is -3.12. The average Bonchev–Trinajstić information content (AvgIpc) is 2.26. The van der Waals surface area contributed by atoms with Gasteiger partial charge in [0.15, 0.2) is 0 Å². The largest absolute Gasteiger partial charge is 0.480 e. The van der Waals surface area contributed by atoms with E-state index in [0.29, 0.717) is 6.07 Å². The molecule has 0 saturated carbocycles. The number of amides is 1. The zero-order chi connectivity index (χ0) is 14.7. The molecule has 1 unspecified atom stereocenters. The molecule has 0 radical (unpaired) electrons. The molecule has 7 nitrogen and oxygen atoms in total. The van der Waals surface area contributed by atoms with Crippen molar-refractivity contribution in [2.45, 2.75) is 19.9 Å². The third-order valence-electron chi connectivity index (χ3n) is 2.41. The summed E-state index contributed by atoms with van der Waals surface area (Å²) in [6.07, 6.45) is 0. The molecular formula is C11H11FN2O5. The fraction of sp³-hybridized carbons (Fsp3) is 0.273. The second kappa shape index (κ2) is 5.42. The molecule has 0 aromatic heterocycles. The first kappa shape index (κ1) is 14.6. The molecule has 1 rings (SSSR count). The highest BCUT2D eigenvalue weighted by Gasteiger charge is 2.26. The second-order valence-electron chi connectivity index (χ2n) is 3.91. The molecule has 102 valence electrons. The van der Waals surface area contributed by atoms with Crippen LogP contribution in [0.15, 0.2) is 12.1 Å². The lowest BCUT2D eigenvalue weighted by Gasteiger charge is -2.10. The number of halogens is 1. The number of rotatable bonds is 4. The van der Waals surface area contributed by atoms with Crippen molar-refractivity contribution in [2.75, 3.05) is 0 Å². The number of benzene rings is 1. The standard InChI is InChI=1S/C11H11FN2O5/c1-5-3-7(12)4-8(9(5)14(18)19)10(15)13-6(2)11(16)17/h3-4,6H,1-2H3,(H,13,15)(H,16,17). The van der Waals surface area contributed by atoms with Crippen molar-refractivity contribution in [3.63, 3.8) is 0 Å². The van der Waals surface area contributed by atoms with E-state index in [4.69, 9.17) is 5.11 Å². The van der Waals surface area contributed by atoms with Crippen LogP contribution in [0.1, 0.15) is 22.8 Å². The molecule has 0 fully saturated rings. The Bertz CT molecular complexity index is 558. The van der Waals surface area contributed by atoms with E-state index in [1.54, 1.807) is 0 Å². The topological polar surface area (TPSA) is 110 Å². The Balaban J connectivity index is 3.22. The maximum atomic E-state index is 13.2. The zero-order valence-electron chi connectivity index (χ0n) is 10.1. The minimum atomic E-state index is -1.30. The van der Waals surface area contributed by atoms with E-state index in [1.165, 1.54) is 13.8 Å². The van der Waals surface area contributed by atoms with Crippen LogP contribution < -0.4 is 5.32 Å². The molecule has 0 saturated heterocycles. The lowest BCUT2D eigenvalue weighted by atomic mass is 10.1. The quantitative estimate of drug-likeness (QED) is 0.632. The Labute approximate surface area is 107 Å². The van der Waals surface area contributed by atoms with E-state index < -0.39 is 39.9 Å². The summed E-state index contributed by atoms with van der Waals surface area (Å²) < 4.78 is 13.2. The molecule has 0 bridgehead atoms. The van der Waals surface area contributed by atoms with Crippen molar-refractivity contribution in [1.29, 1.82) is 0 Å². The summed E-state index contributed by atoms with van der Waals surface area (Å²) >= 11 is 0. The van der Waals surface area contributed by atoms with Crippen LogP contribution in [0, 0.1) is 22.9 Å². The molecule has 1 aromatic carbocycles. The first-order valence-corrected chi connectivity index (χ1v) is 5.22. The Morgan fingerprint density at radius 1 is 1.47 bits per heavy atom. The number of nitro benzene ring substituents is 1. The second-order valence-corrected chi connectivity index (χ2v) is 3.91. The Morgan fingerprint density at radius 2 is 2.05 bits per heavy atom. The maximum Gasteiger partial charge on any atom is 0.325 e. The van der Waals surface area contributed by atoms with E-state index in [0.717, 1.165) is 6.07 Å². The molecule has 1 amide bonds. The van der Waals surface area contributed by atoms with Gasteiger partial charge in [-0.25, -0.2) is 4.39 Å². The number of hydrogen-bond acceptors (Lipinski definition) is 4. The van der Waals surface area contributed by atoms with Gasteiger partial charge in [-0.1, -0.05) is 0 Å². The number of carbonyl (C=O) groups excluding carboxylic acids is 1. The number of nitrogens with one attached hydrogen (secondary N) is 1. The number of carboxylic acids is 1. The molecule has 1 aromatic rings. The number of carboxylic acid groups (broad SMARTS) is 1. The van der Waals surface area contributed by atoms with Crippen molar-refractivity contribution >= 4 is 17.6 Å². The van der Waals surface area contributed by atoms with Crippen molar-refractivity contribution in [3.05, 3.63) is 39.2 Å². The van der Waals surface area contributed by atoms with E-state index >= 15 is 0 Å². The summed E-state index contributed by atoms with van der Waals surface area (Å²) in [5, 5.41) is 21.5. The monoisotopic (exact) mass is 270 g/mol. The van der Waals surface area contributed by atoms with E-state index in [2.05, 4.69) is 0 Å². The normalized spacial score (nSPS) is 11.7. The molecule has 1 atom stereocenters. The van der Waals surface area contributed by atoms with Crippen molar-refractivity contribution in [3.8, 4) is 0 Å². The molecular weight excluding hydrogens is 259 g/mol. The fourth-order valence-corrected chi connectivity index (χ4v) is 1.49. The van der Waals surface area contributed by atoms with Gasteiger partial charge in [0, 0.05) is 5.56 Å². The summed E-state index contributed by atoms with van der Waals surface area (Å²) in [4.78, 5) is 32.4. The smallest absolute Gasteiger partial charge is 0.325 e. The van der Waals surface area contributed by atoms with Crippen LogP contribution in [0.2, 0.25) is 0 Å². The van der Waals surface area contributed by atoms with Gasteiger partial charge in [0.25, 0.3) is 11.6 Å². The number of nitro groups is 1. The molecule has 0 aliphatic rings. The number of aryl methyl sites for hydroxylation is 1. The molecule has 2 N–H and O–H groups in total. The predicted molar refractivity (Wildman–Crippen MR) is 62.4 cm³/mol. The molecule has 8 heteroatoms. The molecule has 0 spiro atoms. The number of nitrogens with zero attached hydrogens (tertiary/aromatic N) is 1. The SMILES string of the molecule is Cc1cc(F)cc(C(=O)NC(C)C(=O)O)c1[N+](=O)[O-]. The number of hydrogen-bond donors (Lipinski definition) is 2. The first-order chi connectivity index (χ1) is 8.73. The van der Waals surface area contributed by atoms with Crippen LogP contribution in [0.4, 0.5) is 10.1 Å². The highest BCUT2D eigenvalue weighted by Crippen LogP contribution is 2.24. The van der Waals surface area contributed by atoms with E-state index in [1.807, 2.05) is 5.32 Å². The van der Waals surface area contributed by atoms with Crippen LogP contribution in [0.25, 0.3) is 0 Å². The van der Waals surface area contributed by atoms with E-state index in [-0.39, 0.29) is 5.56 Å².